The van der Waals surface area contributed by atoms with Crippen LogP contribution in [0.15, 0.2) is 181 Å². The molecular formula is C48H32N4S2. The summed E-state index contributed by atoms with van der Waals surface area (Å²) in [5.41, 5.74) is 13.3. The minimum atomic E-state index is 0.147. The lowest BCUT2D eigenvalue weighted by molar-refractivity contribution is 0.860. The minimum absolute atomic E-state index is 0.147. The van der Waals surface area contributed by atoms with E-state index >= 15 is 0 Å². The van der Waals surface area contributed by atoms with Crippen LogP contribution in [0.25, 0.3) is 88.0 Å². The van der Waals surface area contributed by atoms with Crippen molar-refractivity contribution in [2.24, 2.45) is 0 Å². The van der Waals surface area contributed by atoms with Crippen LogP contribution in [-0.4, -0.2) is 15.0 Å². The molecule has 1 aliphatic heterocycles. The number of nitrogens with one attached hydrogen (secondary N) is 1. The SMILES string of the molecule is C1=CSC(c2ccnc(-c3c4ccccc4c(-c4cc(-c5nccs5)ccn4)c4ccc(-c5cc(-c6ccccc6)cc(-c6ccccc6)c5)cc34)c2)N1. The van der Waals surface area contributed by atoms with Gasteiger partial charge in [0.2, 0.25) is 0 Å². The summed E-state index contributed by atoms with van der Waals surface area (Å²) in [5, 5.41) is 13.3. The highest BCUT2D eigenvalue weighted by Crippen LogP contribution is 2.46. The zero-order valence-corrected chi connectivity index (χ0v) is 30.7. The molecule has 4 nitrogen and oxygen atoms in total. The fraction of sp³-hybridized carbons (Fsp3) is 0.0208. The van der Waals surface area contributed by atoms with Crippen molar-refractivity contribution in [2.45, 2.75) is 5.37 Å². The van der Waals surface area contributed by atoms with Gasteiger partial charge in [0.25, 0.3) is 0 Å². The summed E-state index contributed by atoms with van der Waals surface area (Å²) in [6, 6.07) is 52.4. The van der Waals surface area contributed by atoms with E-state index in [1.807, 2.05) is 36.2 Å². The minimum Gasteiger partial charge on any atom is -0.375 e. The normalized spacial score (nSPS) is 13.7. The van der Waals surface area contributed by atoms with Gasteiger partial charge in [0.05, 0.1) is 11.4 Å². The Hall–Kier alpha value is -6.34. The van der Waals surface area contributed by atoms with E-state index in [0.717, 1.165) is 65.8 Å². The number of aromatic nitrogens is 3. The van der Waals surface area contributed by atoms with Crippen molar-refractivity contribution in [1.82, 2.24) is 20.3 Å². The fourth-order valence-electron chi connectivity index (χ4n) is 7.57. The molecule has 0 saturated heterocycles. The van der Waals surface area contributed by atoms with Gasteiger partial charge < -0.3 is 5.32 Å². The lowest BCUT2D eigenvalue weighted by Gasteiger charge is -2.19. The maximum absolute atomic E-state index is 5.06. The molecule has 6 aromatic carbocycles. The predicted molar refractivity (Wildman–Crippen MR) is 228 cm³/mol. The van der Waals surface area contributed by atoms with Gasteiger partial charge >= 0.3 is 0 Å². The Morgan fingerprint density at radius 2 is 1.06 bits per heavy atom. The van der Waals surface area contributed by atoms with E-state index in [2.05, 4.69) is 155 Å². The van der Waals surface area contributed by atoms with E-state index in [9.17, 15) is 0 Å². The summed E-state index contributed by atoms with van der Waals surface area (Å²) in [7, 11) is 0. The summed E-state index contributed by atoms with van der Waals surface area (Å²) in [5.74, 6) is 0. The van der Waals surface area contributed by atoms with Gasteiger partial charge in [0, 0.05) is 46.9 Å². The Labute approximate surface area is 322 Å². The summed E-state index contributed by atoms with van der Waals surface area (Å²) >= 11 is 3.41. The van der Waals surface area contributed by atoms with Gasteiger partial charge in [-0.25, -0.2) is 4.98 Å². The van der Waals surface area contributed by atoms with E-state index in [0.29, 0.717) is 0 Å². The molecule has 0 bridgehead atoms. The molecule has 0 aliphatic carbocycles. The van der Waals surface area contributed by atoms with Crippen LogP contribution < -0.4 is 5.32 Å². The van der Waals surface area contributed by atoms with Crippen LogP contribution in [0, 0.1) is 0 Å². The van der Waals surface area contributed by atoms with Crippen LogP contribution in [0.4, 0.5) is 0 Å². The molecule has 0 radical (unpaired) electrons. The lowest BCUT2D eigenvalue weighted by Crippen LogP contribution is -2.07. The van der Waals surface area contributed by atoms with Crippen LogP contribution >= 0.6 is 23.1 Å². The zero-order valence-electron chi connectivity index (χ0n) is 29.1. The second-order valence-electron chi connectivity index (χ2n) is 13.3. The highest BCUT2D eigenvalue weighted by Gasteiger charge is 2.21. The van der Waals surface area contributed by atoms with Crippen molar-refractivity contribution in [2.75, 3.05) is 0 Å². The molecule has 3 aromatic heterocycles. The summed E-state index contributed by atoms with van der Waals surface area (Å²) < 4.78 is 0. The number of thioether (sulfide) groups is 1. The molecule has 10 rings (SSSR count). The average molecular weight is 729 g/mol. The molecule has 256 valence electrons. The third-order valence-corrected chi connectivity index (χ3v) is 11.9. The molecule has 1 atom stereocenters. The Balaban J connectivity index is 1.25. The predicted octanol–water partition coefficient (Wildman–Crippen LogP) is 13.0. The highest BCUT2D eigenvalue weighted by molar-refractivity contribution is 8.02. The third kappa shape index (κ3) is 5.96. The van der Waals surface area contributed by atoms with Crippen LogP contribution in [0.2, 0.25) is 0 Å². The Kier molecular flexibility index (Phi) is 8.32. The van der Waals surface area contributed by atoms with Gasteiger partial charge in [0.1, 0.15) is 10.4 Å². The highest BCUT2D eigenvalue weighted by atomic mass is 32.2. The van der Waals surface area contributed by atoms with Crippen molar-refractivity contribution >= 4 is 44.6 Å². The first-order valence-electron chi connectivity index (χ1n) is 17.9. The molecule has 6 heteroatoms. The molecule has 1 N–H and O–H groups in total. The topological polar surface area (TPSA) is 50.7 Å². The second-order valence-corrected chi connectivity index (χ2v) is 15.2. The number of hydrogen-bond acceptors (Lipinski definition) is 6. The molecule has 4 heterocycles. The number of benzene rings is 6. The van der Waals surface area contributed by atoms with E-state index in [-0.39, 0.29) is 5.37 Å². The number of thiazole rings is 1. The average Bonchev–Trinajstić information content (AvgIpc) is 4.00. The van der Waals surface area contributed by atoms with Crippen LogP contribution in [0.3, 0.4) is 0 Å². The van der Waals surface area contributed by atoms with Gasteiger partial charge in [-0.05, 0) is 114 Å². The molecule has 0 saturated carbocycles. The van der Waals surface area contributed by atoms with Crippen molar-refractivity contribution in [3.8, 4) is 66.5 Å². The number of pyridine rings is 2. The first-order chi connectivity index (χ1) is 26.8. The lowest BCUT2D eigenvalue weighted by atomic mass is 9.86. The number of fused-ring (bicyclic) bond motifs is 2. The van der Waals surface area contributed by atoms with Gasteiger partial charge in [0.15, 0.2) is 0 Å². The first-order valence-corrected chi connectivity index (χ1v) is 19.7. The molecule has 1 aliphatic rings. The Morgan fingerprint density at radius 3 is 1.70 bits per heavy atom. The van der Waals surface area contributed by atoms with Gasteiger partial charge in [-0.1, -0.05) is 97.1 Å². The van der Waals surface area contributed by atoms with Crippen molar-refractivity contribution in [1.29, 1.82) is 0 Å². The molecule has 0 amide bonds. The summed E-state index contributed by atoms with van der Waals surface area (Å²) in [6.07, 6.45) is 7.72. The molecule has 0 spiro atoms. The molecule has 1 unspecified atom stereocenters. The van der Waals surface area contributed by atoms with Crippen LogP contribution in [-0.2, 0) is 0 Å². The fourth-order valence-corrected chi connectivity index (χ4v) is 8.98. The van der Waals surface area contributed by atoms with E-state index < -0.39 is 0 Å². The largest absolute Gasteiger partial charge is 0.375 e. The van der Waals surface area contributed by atoms with Gasteiger partial charge in [-0.3, -0.25) is 9.97 Å². The number of hydrogen-bond donors (Lipinski definition) is 1. The summed E-state index contributed by atoms with van der Waals surface area (Å²) in [4.78, 5) is 14.7. The second kappa shape index (κ2) is 13.9. The van der Waals surface area contributed by atoms with E-state index in [1.165, 1.54) is 27.8 Å². The van der Waals surface area contributed by atoms with Crippen molar-refractivity contribution in [3.05, 3.63) is 187 Å². The first kappa shape index (κ1) is 32.3. The molecule has 0 fully saturated rings. The van der Waals surface area contributed by atoms with E-state index in [4.69, 9.17) is 9.97 Å². The van der Waals surface area contributed by atoms with Crippen molar-refractivity contribution < 1.29 is 0 Å². The Morgan fingerprint density at radius 1 is 0.444 bits per heavy atom. The number of rotatable bonds is 7. The third-order valence-electron chi connectivity index (χ3n) is 10.1. The summed E-state index contributed by atoms with van der Waals surface area (Å²) in [6.45, 7) is 0. The molecule has 54 heavy (non-hydrogen) atoms. The maximum Gasteiger partial charge on any atom is 0.123 e. The monoisotopic (exact) mass is 728 g/mol. The van der Waals surface area contributed by atoms with E-state index in [1.54, 1.807) is 23.1 Å². The zero-order chi connectivity index (χ0) is 35.8. The standard InChI is InChI=1S/C48H32N4S2/c1-3-9-31(10-4-1)36-25-37(32-11-5-2-6-12-32)27-38(26-36)33-15-16-41-42(28-33)46(44-30-35(18-20-50-44)48-52-22-24-54-48)40-14-8-7-13-39(40)45(41)43-29-34(17-19-49-43)47-51-21-23-53-47/h1-30,48,52H. The van der Waals surface area contributed by atoms with Crippen LogP contribution in [0.5, 0.6) is 0 Å². The van der Waals surface area contributed by atoms with Crippen LogP contribution in [0.1, 0.15) is 10.9 Å². The molecule has 9 aromatic rings. The number of nitrogens with zero attached hydrogens (tertiary/aromatic N) is 3. The van der Waals surface area contributed by atoms with Gasteiger partial charge in [-0.2, -0.15) is 0 Å². The van der Waals surface area contributed by atoms with Gasteiger partial charge in [-0.15, -0.1) is 23.1 Å². The quantitative estimate of drug-likeness (QED) is 0.166. The Bertz CT molecular complexity index is 2770. The molecular weight excluding hydrogens is 697 g/mol. The smallest absolute Gasteiger partial charge is 0.123 e. The van der Waals surface area contributed by atoms with Crippen molar-refractivity contribution in [3.63, 3.8) is 0 Å². The maximum atomic E-state index is 5.06.